The van der Waals surface area contributed by atoms with Gasteiger partial charge in [-0.2, -0.15) is 0 Å². The van der Waals surface area contributed by atoms with Crippen molar-refractivity contribution in [2.45, 2.75) is 40.3 Å². The number of rotatable bonds is 5. The van der Waals surface area contributed by atoms with Gasteiger partial charge in [-0.05, 0) is 43.0 Å². The molecule has 0 amide bonds. The van der Waals surface area contributed by atoms with E-state index in [1.807, 2.05) is 32.2 Å². The van der Waals surface area contributed by atoms with Crippen molar-refractivity contribution in [3.8, 4) is 5.75 Å². The van der Waals surface area contributed by atoms with Crippen LogP contribution in [0.4, 0.5) is 5.69 Å². The highest BCUT2D eigenvalue weighted by atomic mass is 16.3. The molecule has 112 valence electrons. The summed E-state index contributed by atoms with van der Waals surface area (Å²) in [5.41, 5.74) is 3.81. The SMILES string of the molecule is CCCn1cc(NCc2cc(C)c(O)c(C)c2)ccc1=O. The molecule has 4 nitrogen and oxygen atoms in total. The molecule has 0 aliphatic carbocycles. The van der Waals surface area contributed by atoms with E-state index in [1.165, 1.54) is 0 Å². The van der Waals surface area contributed by atoms with Crippen LogP contribution < -0.4 is 10.9 Å². The second kappa shape index (κ2) is 6.48. The standard InChI is InChI=1S/C17H22N2O2/c1-4-7-19-11-15(5-6-16(19)20)18-10-14-8-12(2)17(21)13(3)9-14/h5-6,8-9,11,18,21H,4,7,10H2,1-3H3. The first-order valence-corrected chi connectivity index (χ1v) is 7.24. The van der Waals surface area contributed by atoms with Crippen molar-refractivity contribution < 1.29 is 5.11 Å². The average Bonchev–Trinajstić information content (AvgIpc) is 2.45. The monoisotopic (exact) mass is 286 g/mol. The fraction of sp³-hybridized carbons (Fsp3) is 0.353. The lowest BCUT2D eigenvalue weighted by Crippen LogP contribution is -2.18. The van der Waals surface area contributed by atoms with Crippen molar-refractivity contribution in [2.24, 2.45) is 0 Å². The van der Waals surface area contributed by atoms with Gasteiger partial charge in [0.1, 0.15) is 5.75 Å². The molecule has 0 unspecified atom stereocenters. The van der Waals surface area contributed by atoms with E-state index >= 15 is 0 Å². The first kappa shape index (κ1) is 15.2. The predicted molar refractivity (Wildman–Crippen MR) is 85.9 cm³/mol. The van der Waals surface area contributed by atoms with Crippen LogP contribution in [0.2, 0.25) is 0 Å². The first-order valence-electron chi connectivity index (χ1n) is 7.24. The molecule has 2 N–H and O–H groups in total. The maximum Gasteiger partial charge on any atom is 0.250 e. The summed E-state index contributed by atoms with van der Waals surface area (Å²) < 4.78 is 1.72. The van der Waals surface area contributed by atoms with Crippen molar-refractivity contribution in [1.82, 2.24) is 4.57 Å². The number of anilines is 1. The number of phenols is 1. The first-order chi connectivity index (χ1) is 10.0. The number of benzene rings is 1. The van der Waals surface area contributed by atoms with Gasteiger partial charge in [-0.1, -0.05) is 19.1 Å². The minimum Gasteiger partial charge on any atom is -0.507 e. The molecular weight excluding hydrogens is 264 g/mol. The third-order valence-corrected chi connectivity index (χ3v) is 3.50. The van der Waals surface area contributed by atoms with E-state index in [0.717, 1.165) is 35.3 Å². The van der Waals surface area contributed by atoms with E-state index < -0.39 is 0 Å². The summed E-state index contributed by atoms with van der Waals surface area (Å²) in [4.78, 5) is 11.7. The zero-order valence-electron chi connectivity index (χ0n) is 12.8. The van der Waals surface area contributed by atoms with Crippen LogP contribution >= 0.6 is 0 Å². The Balaban J connectivity index is 2.13. The number of hydrogen-bond acceptors (Lipinski definition) is 3. The van der Waals surface area contributed by atoms with Gasteiger partial charge >= 0.3 is 0 Å². The molecule has 0 bridgehead atoms. The Kier molecular flexibility index (Phi) is 4.68. The molecular formula is C17H22N2O2. The smallest absolute Gasteiger partial charge is 0.250 e. The second-order valence-electron chi connectivity index (χ2n) is 5.38. The average molecular weight is 286 g/mol. The molecule has 0 saturated heterocycles. The Morgan fingerprint density at radius 2 is 1.86 bits per heavy atom. The number of nitrogens with zero attached hydrogens (tertiary/aromatic N) is 1. The van der Waals surface area contributed by atoms with Crippen molar-refractivity contribution in [1.29, 1.82) is 0 Å². The molecule has 0 saturated carbocycles. The number of hydrogen-bond donors (Lipinski definition) is 2. The van der Waals surface area contributed by atoms with E-state index in [1.54, 1.807) is 16.7 Å². The third-order valence-electron chi connectivity index (χ3n) is 3.50. The highest BCUT2D eigenvalue weighted by molar-refractivity contribution is 5.45. The lowest BCUT2D eigenvalue weighted by Gasteiger charge is -2.11. The Labute approximate surface area is 125 Å². The molecule has 0 fully saturated rings. The van der Waals surface area contributed by atoms with Crippen LogP contribution in [0.3, 0.4) is 0 Å². The fourth-order valence-electron chi connectivity index (χ4n) is 2.40. The van der Waals surface area contributed by atoms with E-state index in [2.05, 4.69) is 12.2 Å². The molecule has 1 aromatic heterocycles. The van der Waals surface area contributed by atoms with Gasteiger partial charge < -0.3 is 15.0 Å². The van der Waals surface area contributed by atoms with Gasteiger partial charge in [0.05, 0.1) is 5.69 Å². The van der Waals surface area contributed by atoms with Gasteiger partial charge in [0.2, 0.25) is 0 Å². The number of aromatic hydroxyl groups is 1. The summed E-state index contributed by atoms with van der Waals surface area (Å²) >= 11 is 0. The van der Waals surface area contributed by atoms with Crippen LogP contribution in [0.1, 0.15) is 30.0 Å². The topological polar surface area (TPSA) is 54.3 Å². The molecule has 0 spiro atoms. The van der Waals surface area contributed by atoms with Crippen LogP contribution in [-0.2, 0) is 13.1 Å². The third kappa shape index (κ3) is 3.66. The quantitative estimate of drug-likeness (QED) is 0.887. The second-order valence-corrected chi connectivity index (χ2v) is 5.38. The van der Waals surface area contributed by atoms with Crippen LogP contribution in [0.15, 0.2) is 35.3 Å². The minimum atomic E-state index is 0.0266. The Hall–Kier alpha value is -2.23. The van der Waals surface area contributed by atoms with E-state index in [-0.39, 0.29) is 5.56 Å². The Bertz CT molecular complexity index is 666. The minimum absolute atomic E-state index is 0.0266. The van der Waals surface area contributed by atoms with E-state index in [4.69, 9.17) is 0 Å². The zero-order valence-corrected chi connectivity index (χ0v) is 12.8. The normalized spacial score (nSPS) is 10.6. The Morgan fingerprint density at radius 1 is 1.19 bits per heavy atom. The molecule has 0 atom stereocenters. The highest BCUT2D eigenvalue weighted by Gasteiger charge is 2.04. The molecule has 0 aliphatic rings. The van der Waals surface area contributed by atoms with Crippen molar-refractivity contribution in [3.63, 3.8) is 0 Å². The maximum atomic E-state index is 11.7. The van der Waals surface area contributed by atoms with Crippen molar-refractivity contribution in [3.05, 3.63) is 57.5 Å². The van der Waals surface area contributed by atoms with Crippen LogP contribution in [0.25, 0.3) is 0 Å². The number of aromatic nitrogens is 1. The van der Waals surface area contributed by atoms with Crippen molar-refractivity contribution >= 4 is 5.69 Å². The summed E-state index contributed by atoms with van der Waals surface area (Å²) in [7, 11) is 0. The van der Waals surface area contributed by atoms with Gasteiger partial charge in [-0.15, -0.1) is 0 Å². The molecule has 1 heterocycles. The molecule has 21 heavy (non-hydrogen) atoms. The van der Waals surface area contributed by atoms with Crippen LogP contribution in [0.5, 0.6) is 5.75 Å². The molecule has 4 heteroatoms. The summed E-state index contributed by atoms with van der Waals surface area (Å²) in [5, 5.41) is 13.1. The largest absolute Gasteiger partial charge is 0.507 e. The van der Waals surface area contributed by atoms with Gasteiger partial charge in [-0.25, -0.2) is 0 Å². The molecule has 2 rings (SSSR count). The number of pyridine rings is 1. The summed E-state index contributed by atoms with van der Waals surface area (Å²) in [6, 6.07) is 7.33. The van der Waals surface area contributed by atoms with Gasteiger partial charge in [0.25, 0.3) is 5.56 Å². The zero-order chi connectivity index (χ0) is 15.4. The van der Waals surface area contributed by atoms with Crippen molar-refractivity contribution in [2.75, 3.05) is 5.32 Å². The predicted octanol–water partition coefficient (Wildman–Crippen LogP) is 3.19. The summed E-state index contributed by atoms with van der Waals surface area (Å²) in [6.45, 7) is 7.23. The van der Waals surface area contributed by atoms with E-state index in [9.17, 15) is 9.90 Å². The van der Waals surface area contributed by atoms with Gasteiger partial charge in [0.15, 0.2) is 0 Å². The molecule has 0 aliphatic heterocycles. The van der Waals surface area contributed by atoms with Crippen LogP contribution in [-0.4, -0.2) is 9.67 Å². The summed E-state index contributed by atoms with van der Waals surface area (Å²) in [6.07, 6.45) is 2.78. The molecule has 2 aromatic rings. The maximum absolute atomic E-state index is 11.7. The highest BCUT2D eigenvalue weighted by Crippen LogP contribution is 2.23. The van der Waals surface area contributed by atoms with Gasteiger partial charge in [-0.3, -0.25) is 4.79 Å². The lowest BCUT2D eigenvalue weighted by molar-refractivity contribution is 0.466. The number of aryl methyl sites for hydroxylation is 3. The molecule has 1 aromatic carbocycles. The molecule has 0 radical (unpaired) electrons. The van der Waals surface area contributed by atoms with Crippen LogP contribution in [0, 0.1) is 13.8 Å². The lowest BCUT2D eigenvalue weighted by atomic mass is 10.1. The number of phenolic OH excluding ortho intramolecular Hbond substituents is 1. The van der Waals surface area contributed by atoms with Gasteiger partial charge in [0, 0.05) is 25.4 Å². The Morgan fingerprint density at radius 3 is 2.48 bits per heavy atom. The fourth-order valence-corrected chi connectivity index (χ4v) is 2.40. The van der Waals surface area contributed by atoms with E-state index in [0.29, 0.717) is 12.3 Å². The number of nitrogens with one attached hydrogen (secondary N) is 1. The summed E-state index contributed by atoms with van der Waals surface area (Å²) in [5.74, 6) is 0.357.